The van der Waals surface area contributed by atoms with Crippen LogP contribution in [0.5, 0.6) is 0 Å². The van der Waals surface area contributed by atoms with Gasteiger partial charge in [0.05, 0.1) is 0 Å². The maximum Gasteiger partial charge on any atom is 0.0169 e. The second kappa shape index (κ2) is 4.03. The van der Waals surface area contributed by atoms with Gasteiger partial charge < -0.3 is 10.2 Å². The lowest BCUT2D eigenvalue weighted by Gasteiger charge is -2.42. The van der Waals surface area contributed by atoms with Gasteiger partial charge >= 0.3 is 0 Å². The molecule has 80 valence electrons. The van der Waals surface area contributed by atoms with Gasteiger partial charge in [-0.25, -0.2) is 0 Å². The molecule has 0 bridgehead atoms. The maximum atomic E-state index is 3.73. The molecular weight excluding hydrogens is 172 g/mol. The Morgan fingerprint density at radius 2 is 2.29 bits per heavy atom. The van der Waals surface area contributed by atoms with Crippen molar-refractivity contribution < 1.29 is 0 Å². The lowest BCUT2D eigenvalue weighted by molar-refractivity contribution is 0.146. The summed E-state index contributed by atoms with van der Waals surface area (Å²) >= 11 is 0. The largest absolute Gasteiger partial charge is 0.310 e. The van der Waals surface area contributed by atoms with Crippen LogP contribution in [0.15, 0.2) is 12.2 Å². The molecule has 2 heteroatoms. The second-order valence-corrected chi connectivity index (χ2v) is 5.17. The summed E-state index contributed by atoms with van der Waals surface area (Å²) in [6.07, 6.45) is 7.47. The van der Waals surface area contributed by atoms with E-state index in [4.69, 9.17) is 0 Å². The van der Waals surface area contributed by atoms with Crippen molar-refractivity contribution in [1.29, 1.82) is 0 Å². The summed E-state index contributed by atoms with van der Waals surface area (Å²) in [6, 6.07) is 1.37. The summed E-state index contributed by atoms with van der Waals surface area (Å²) in [4.78, 5) is 2.25. The van der Waals surface area contributed by atoms with Crippen molar-refractivity contribution in [3.63, 3.8) is 0 Å². The molecule has 0 aliphatic heterocycles. The van der Waals surface area contributed by atoms with Crippen LogP contribution in [0.3, 0.4) is 0 Å². The van der Waals surface area contributed by atoms with Crippen molar-refractivity contribution in [1.82, 2.24) is 10.2 Å². The van der Waals surface area contributed by atoms with E-state index in [-0.39, 0.29) is 0 Å². The molecule has 4 atom stereocenters. The highest BCUT2D eigenvalue weighted by molar-refractivity contribution is 5.13. The van der Waals surface area contributed by atoms with Crippen LogP contribution in [0, 0.1) is 11.8 Å². The van der Waals surface area contributed by atoms with Gasteiger partial charge in [0.25, 0.3) is 0 Å². The minimum absolute atomic E-state index is 0.616. The van der Waals surface area contributed by atoms with Crippen LogP contribution < -0.4 is 5.32 Å². The standard InChI is InChI=1S/C12H22N2/c1-9(8-14(2)3)13-12-7-10-5-4-6-11(10)12/h4,6,9-13H,5,7-8H2,1-3H3. The molecule has 0 spiro atoms. The molecule has 2 aliphatic rings. The highest BCUT2D eigenvalue weighted by Gasteiger charge is 2.41. The molecule has 0 saturated heterocycles. The summed E-state index contributed by atoms with van der Waals surface area (Å²) in [5.74, 6) is 1.82. The number of nitrogens with one attached hydrogen (secondary N) is 1. The topological polar surface area (TPSA) is 15.3 Å². The van der Waals surface area contributed by atoms with E-state index in [1.54, 1.807) is 0 Å². The minimum atomic E-state index is 0.616. The first-order chi connectivity index (χ1) is 6.66. The van der Waals surface area contributed by atoms with Crippen molar-refractivity contribution in [2.45, 2.75) is 31.8 Å². The van der Waals surface area contributed by atoms with E-state index in [1.807, 2.05) is 0 Å². The first kappa shape index (κ1) is 10.2. The van der Waals surface area contributed by atoms with E-state index in [9.17, 15) is 0 Å². The Labute approximate surface area is 87.4 Å². The van der Waals surface area contributed by atoms with Crippen LogP contribution in [-0.4, -0.2) is 37.6 Å². The molecule has 0 heterocycles. The summed E-state index contributed by atoms with van der Waals surface area (Å²) in [5, 5.41) is 3.73. The van der Waals surface area contributed by atoms with Crippen LogP contribution >= 0.6 is 0 Å². The van der Waals surface area contributed by atoms with E-state index in [1.165, 1.54) is 12.8 Å². The van der Waals surface area contributed by atoms with Crippen molar-refractivity contribution >= 4 is 0 Å². The first-order valence-electron chi connectivity index (χ1n) is 5.74. The van der Waals surface area contributed by atoms with Crippen molar-refractivity contribution in [3.8, 4) is 0 Å². The summed E-state index contributed by atoms with van der Waals surface area (Å²) in [7, 11) is 4.27. The predicted octanol–water partition coefficient (Wildman–Crippen LogP) is 1.49. The van der Waals surface area contributed by atoms with Gasteiger partial charge in [0.15, 0.2) is 0 Å². The Morgan fingerprint density at radius 1 is 1.50 bits per heavy atom. The third-order valence-electron chi connectivity index (χ3n) is 3.50. The SMILES string of the molecule is CC(CN(C)C)NC1CC2CC=CC21. The van der Waals surface area contributed by atoms with Crippen LogP contribution in [0.1, 0.15) is 19.8 Å². The fourth-order valence-electron chi connectivity index (χ4n) is 2.87. The molecule has 4 unspecified atom stereocenters. The Hall–Kier alpha value is -0.340. The van der Waals surface area contributed by atoms with Gasteiger partial charge in [0.1, 0.15) is 0 Å². The highest BCUT2D eigenvalue weighted by atomic mass is 15.1. The molecule has 2 rings (SSSR count). The molecule has 1 saturated carbocycles. The van der Waals surface area contributed by atoms with Gasteiger partial charge in [0.2, 0.25) is 0 Å². The average molecular weight is 194 g/mol. The van der Waals surface area contributed by atoms with E-state index >= 15 is 0 Å². The van der Waals surface area contributed by atoms with E-state index < -0.39 is 0 Å². The number of rotatable bonds is 4. The molecule has 14 heavy (non-hydrogen) atoms. The maximum absolute atomic E-state index is 3.73. The average Bonchev–Trinajstić information content (AvgIpc) is 2.41. The van der Waals surface area contributed by atoms with Crippen molar-refractivity contribution in [3.05, 3.63) is 12.2 Å². The van der Waals surface area contributed by atoms with Crippen LogP contribution in [0.4, 0.5) is 0 Å². The Morgan fingerprint density at radius 3 is 2.93 bits per heavy atom. The lowest BCUT2D eigenvalue weighted by Crippen LogP contribution is -2.53. The zero-order valence-corrected chi connectivity index (χ0v) is 9.53. The fraction of sp³-hybridized carbons (Fsp3) is 0.833. The molecule has 2 aliphatic carbocycles. The minimum Gasteiger partial charge on any atom is -0.310 e. The number of hydrogen-bond acceptors (Lipinski definition) is 2. The molecule has 1 fully saturated rings. The number of fused-ring (bicyclic) bond motifs is 1. The number of hydrogen-bond donors (Lipinski definition) is 1. The molecular formula is C12H22N2. The first-order valence-corrected chi connectivity index (χ1v) is 5.74. The molecule has 0 aromatic carbocycles. The van der Waals surface area contributed by atoms with Gasteiger partial charge in [-0.2, -0.15) is 0 Å². The van der Waals surface area contributed by atoms with Gasteiger partial charge in [-0.05, 0) is 45.7 Å². The smallest absolute Gasteiger partial charge is 0.0169 e. The second-order valence-electron chi connectivity index (χ2n) is 5.17. The zero-order valence-electron chi connectivity index (χ0n) is 9.53. The lowest BCUT2D eigenvalue weighted by atomic mass is 9.71. The van der Waals surface area contributed by atoms with Crippen LogP contribution in [0.25, 0.3) is 0 Å². The Balaban J connectivity index is 1.73. The molecule has 2 nitrogen and oxygen atoms in total. The molecule has 0 aromatic heterocycles. The van der Waals surface area contributed by atoms with Gasteiger partial charge in [-0.1, -0.05) is 12.2 Å². The molecule has 0 radical (unpaired) electrons. The monoisotopic (exact) mass is 194 g/mol. The number of nitrogens with zero attached hydrogens (tertiary/aromatic N) is 1. The third-order valence-corrected chi connectivity index (χ3v) is 3.50. The van der Waals surface area contributed by atoms with E-state index in [0.717, 1.165) is 24.4 Å². The predicted molar refractivity (Wildman–Crippen MR) is 60.3 cm³/mol. The summed E-state index contributed by atoms with van der Waals surface area (Å²) in [5.41, 5.74) is 0. The zero-order chi connectivity index (χ0) is 10.1. The Kier molecular flexibility index (Phi) is 2.93. The summed E-state index contributed by atoms with van der Waals surface area (Å²) < 4.78 is 0. The Bertz CT molecular complexity index is 222. The number of likely N-dealkylation sites (N-methyl/N-ethyl adjacent to an activating group) is 1. The van der Waals surface area contributed by atoms with Gasteiger partial charge in [0, 0.05) is 18.6 Å². The van der Waals surface area contributed by atoms with Gasteiger partial charge in [-0.3, -0.25) is 0 Å². The fourth-order valence-corrected chi connectivity index (χ4v) is 2.87. The third kappa shape index (κ3) is 2.01. The molecule has 0 aromatic rings. The van der Waals surface area contributed by atoms with Crippen LogP contribution in [0.2, 0.25) is 0 Å². The van der Waals surface area contributed by atoms with Crippen molar-refractivity contribution in [2.24, 2.45) is 11.8 Å². The summed E-state index contributed by atoms with van der Waals surface area (Å²) in [6.45, 7) is 3.42. The number of allylic oxidation sites excluding steroid dienone is 1. The highest BCUT2D eigenvalue weighted by Crippen LogP contribution is 2.42. The normalized spacial score (nSPS) is 37.0. The molecule has 1 N–H and O–H groups in total. The van der Waals surface area contributed by atoms with Crippen LogP contribution in [-0.2, 0) is 0 Å². The van der Waals surface area contributed by atoms with Gasteiger partial charge in [-0.15, -0.1) is 0 Å². The quantitative estimate of drug-likeness (QED) is 0.682. The molecule has 0 amide bonds. The van der Waals surface area contributed by atoms with E-state index in [2.05, 4.69) is 43.4 Å². The van der Waals surface area contributed by atoms with E-state index in [0.29, 0.717) is 6.04 Å². The van der Waals surface area contributed by atoms with Crippen molar-refractivity contribution in [2.75, 3.05) is 20.6 Å².